The van der Waals surface area contributed by atoms with Gasteiger partial charge in [0, 0.05) is 12.6 Å². The lowest BCUT2D eigenvalue weighted by atomic mass is 10.2. The molecule has 0 saturated heterocycles. The fraction of sp³-hybridized carbons (Fsp3) is 0.538. The first-order valence-corrected chi connectivity index (χ1v) is 7.42. The summed E-state index contributed by atoms with van der Waals surface area (Å²) in [5.74, 6) is -1.24. The zero-order valence-corrected chi connectivity index (χ0v) is 12.0. The average molecular weight is 298 g/mol. The van der Waals surface area contributed by atoms with Crippen molar-refractivity contribution in [2.24, 2.45) is 0 Å². The summed E-state index contributed by atoms with van der Waals surface area (Å²) in [7, 11) is 0. The number of hydrogen-bond donors (Lipinski definition) is 3. The van der Waals surface area contributed by atoms with Crippen molar-refractivity contribution in [2.75, 3.05) is 0 Å². The molecule has 3 N–H and O–H groups in total. The number of aliphatic hydroxyl groups is 1. The SMILES string of the molecule is C[C@@H](O)[C@H](NC(=O)N(Cc1ccsc1)C1CC1)C(=O)O. The van der Waals surface area contributed by atoms with Crippen LogP contribution in [0.3, 0.4) is 0 Å². The summed E-state index contributed by atoms with van der Waals surface area (Å²) in [6.07, 6.45) is 0.729. The molecule has 0 aliphatic heterocycles. The molecule has 1 aromatic heterocycles. The number of amides is 2. The molecule has 0 aromatic carbocycles. The van der Waals surface area contributed by atoms with Gasteiger partial charge in [-0.15, -0.1) is 0 Å². The summed E-state index contributed by atoms with van der Waals surface area (Å²) in [5, 5.41) is 24.7. The first kappa shape index (κ1) is 14.8. The zero-order valence-electron chi connectivity index (χ0n) is 11.2. The lowest BCUT2D eigenvalue weighted by Crippen LogP contribution is -2.52. The summed E-state index contributed by atoms with van der Waals surface area (Å²) >= 11 is 1.56. The normalized spacial score (nSPS) is 17.3. The quantitative estimate of drug-likeness (QED) is 0.737. The highest BCUT2D eigenvalue weighted by molar-refractivity contribution is 7.07. The fourth-order valence-corrected chi connectivity index (χ4v) is 2.60. The highest BCUT2D eigenvalue weighted by Gasteiger charge is 2.35. The molecule has 1 heterocycles. The average Bonchev–Trinajstić information content (AvgIpc) is 3.09. The van der Waals surface area contributed by atoms with Crippen LogP contribution in [0.5, 0.6) is 0 Å². The van der Waals surface area contributed by atoms with Gasteiger partial charge in [0.15, 0.2) is 6.04 Å². The largest absolute Gasteiger partial charge is 0.480 e. The van der Waals surface area contributed by atoms with E-state index in [0.717, 1.165) is 18.4 Å². The van der Waals surface area contributed by atoms with Gasteiger partial charge in [-0.3, -0.25) is 0 Å². The van der Waals surface area contributed by atoms with Crippen LogP contribution in [0.1, 0.15) is 25.3 Å². The summed E-state index contributed by atoms with van der Waals surface area (Å²) in [6.45, 7) is 1.81. The monoisotopic (exact) mass is 298 g/mol. The summed E-state index contributed by atoms with van der Waals surface area (Å²) in [5.41, 5.74) is 1.03. The molecule has 110 valence electrons. The van der Waals surface area contributed by atoms with Crippen LogP contribution in [0.2, 0.25) is 0 Å². The van der Waals surface area contributed by atoms with Crippen LogP contribution in [0.4, 0.5) is 4.79 Å². The van der Waals surface area contributed by atoms with Crippen molar-refractivity contribution in [2.45, 2.75) is 44.5 Å². The Kier molecular flexibility index (Phi) is 4.61. The molecule has 0 bridgehead atoms. The number of rotatable bonds is 6. The Morgan fingerprint density at radius 2 is 2.25 bits per heavy atom. The smallest absolute Gasteiger partial charge is 0.328 e. The highest BCUT2D eigenvalue weighted by atomic mass is 32.1. The topological polar surface area (TPSA) is 89.9 Å². The molecule has 1 aliphatic carbocycles. The number of nitrogens with zero attached hydrogens (tertiary/aromatic N) is 1. The van der Waals surface area contributed by atoms with Gasteiger partial charge < -0.3 is 20.4 Å². The Bertz CT molecular complexity index is 471. The highest BCUT2D eigenvalue weighted by Crippen LogP contribution is 2.28. The van der Waals surface area contributed by atoms with Gasteiger partial charge in [0.2, 0.25) is 0 Å². The number of aliphatic carboxylic acids is 1. The number of urea groups is 1. The molecule has 0 spiro atoms. The molecule has 1 saturated carbocycles. The Labute approximate surface area is 121 Å². The molecule has 6 nitrogen and oxygen atoms in total. The van der Waals surface area contributed by atoms with Crippen molar-refractivity contribution >= 4 is 23.3 Å². The maximum Gasteiger partial charge on any atom is 0.328 e. The standard InChI is InChI=1S/C13H18N2O4S/c1-8(16)11(12(17)18)14-13(19)15(10-2-3-10)6-9-4-5-20-7-9/h4-5,7-8,10-11,16H,2-3,6H2,1H3,(H,14,19)(H,17,18)/t8-,11+/m1/s1. The number of carboxylic acids is 1. The van der Waals surface area contributed by atoms with Gasteiger partial charge in [0.05, 0.1) is 6.10 Å². The molecule has 1 fully saturated rings. The van der Waals surface area contributed by atoms with E-state index >= 15 is 0 Å². The van der Waals surface area contributed by atoms with E-state index in [1.807, 2.05) is 16.8 Å². The molecule has 1 aliphatic rings. The van der Waals surface area contributed by atoms with Crippen LogP contribution in [0.25, 0.3) is 0 Å². The summed E-state index contributed by atoms with van der Waals surface area (Å²) in [6, 6.07) is 0.382. The van der Waals surface area contributed by atoms with Crippen molar-refractivity contribution < 1.29 is 19.8 Å². The Morgan fingerprint density at radius 3 is 2.70 bits per heavy atom. The van der Waals surface area contributed by atoms with Crippen LogP contribution in [-0.2, 0) is 11.3 Å². The van der Waals surface area contributed by atoms with Crippen LogP contribution in [0.15, 0.2) is 16.8 Å². The van der Waals surface area contributed by atoms with Gasteiger partial charge in [-0.05, 0) is 42.2 Å². The van der Waals surface area contributed by atoms with Gasteiger partial charge in [0.25, 0.3) is 0 Å². The molecule has 0 unspecified atom stereocenters. The van der Waals surface area contributed by atoms with Crippen LogP contribution >= 0.6 is 11.3 Å². The minimum Gasteiger partial charge on any atom is -0.480 e. The van der Waals surface area contributed by atoms with Gasteiger partial charge in [-0.2, -0.15) is 11.3 Å². The van der Waals surface area contributed by atoms with Crippen molar-refractivity contribution in [3.63, 3.8) is 0 Å². The number of thiophene rings is 1. The maximum absolute atomic E-state index is 12.2. The number of hydrogen-bond acceptors (Lipinski definition) is 4. The van der Waals surface area contributed by atoms with E-state index in [2.05, 4.69) is 5.32 Å². The van der Waals surface area contributed by atoms with E-state index in [1.54, 1.807) is 16.2 Å². The Hall–Kier alpha value is -1.60. The summed E-state index contributed by atoms with van der Waals surface area (Å²) < 4.78 is 0. The maximum atomic E-state index is 12.2. The van der Waals surface area contributed by atoms with E-state index in [9.17, 15) is 14.7 Å². The second kappa shape index (κ2) is 6.23. The Morgan fingerprint density at radius 1 is 1.55 bits per heavy atom. The molecular weight excluding hydrogens is 280 g/mol. The third-order valence-electron chi connectivity index (χ3n) is 3.21. The molecule has 2 amide bonds. The van der Waals surface area contributed by atoms with Crippen LogP contribution in [-0.4, -0.2) is 45.3 Å². The van der Waals surface area contributed by atoms with E-state index in [1.165, 1.54) is 6.92 Å². The number of nitrogens with one attached hydrogen (secondary N) is 1. The van der Waals surface area contributed by atoms with Gasteiger partial charge in [-0.1, -0.05) is 0 Å². The minimum atomic E-state index is -1.29. The number of carboxylic acid groups (broad SMARTS) is 1. The molecule has 1 aromatic rings. The lowest BCUT2D eigenvalue weighted by Gasteiger charge is -2.25. The second-order valence-electron chi connectivity index (χ2n) is 5.00. The van der Waals surface area contributed by atoms with Crippen LogP contribution < -0.4 is 5.32 Å². The molecule has 7 heteroatoms. The van der Waals surface area contributed by atoms with Gasteiger partial charge in [-0.25, -0.2) is 9.59 Å². The van der Waals surface area contributed by atoms with E-state index in [-0.39, 0.29) is 6.04 Å². The first-order chi connectivity index (χ1) is 9.49. The molecule has 2 rings (SSSR count). The molecular formula is C13H18N2O4S. The van der Waals surface area contributed by atoms with Gasteiger partial charge >= 0.3 is 12.0 Å². The second-order valence-corrected chi connectivity index (χ2v) is 5.78. The minimum absolute atomic E-state index is 0.165. The first-order valence-electron chi connectivity index (χ1n) is 6.48. The predicted molar refractivity (Wildman–Crippen MR) is 74.5 cm³/mol. The summed E-state index contributed by atoms with van der Waals surface area (Å²) in [4.78, 5) is 24.9. The van der Waals surface area contributed by atoms with Crippen molar-refractivity contribution in [3.8, 4) is 0 Å². The van der Waals surface area contributed by atoms with Crippen molar-refractivity contribution in [1.82, 2.24) is 10.2 Å². The van der Waals surface area contributed by atoms with Crippen LogP contribution in [0, 0.1) is 0 Å². The third-order valence-corrected chi connectivity index (χ3v) is 3.94. The van der Waals surface area contributed by atoms with E-state index < -0.39 is 24.1 Å². The number of carbonyl (C=O) groups excluding carboxylic acids is 1. The molecule has 0 radical (unpaired) electrons. The number of carbonyl (C=O) groups is 2. The zero-order chi connectivity index (χ0) is 14.7. The Balaban J connectivity index is 2.01. The van der Waals surface area contributed by atoms with Gasteiger partial charge in [0.1, 0.15) is 0 Å². The molecule has 2 atom stereocenters. The third kappa shape index (κ3) is 3.71. The molecule has 20 heavy (non-hydrogen) atoms. The predicted octanol–water partition coefficient (Wildman–Crippen LogP) is 1.26. The number of aliphatic hydroxyl groups excluding tert-OH is 1. The fourth-order valence-electron chi connectivity index (χ4n) is 1.94. The van der Waals surface area contributed by atoms with Crippen molar-refractivity contribution in [1.29, 1.82) is 0 Å². The van der Waals surface area contributed by atoms with E-state index in [4.69, 9.17) is 5.11 Å². The lowest BCUT2D eigenvalue weighted by molar-refractivity contribution is -0.141. The van der Waals surface area contributed by atoms with Crippen molar-refractivity contribution in [3.05, 3.63) is 22.4 Å². The van der Waals surface area contributed by atoms with E-state index in [0.29, 0.717) is 6.54 Å².